The predicted molar refractivity (Wildman–Crippen MR) is 238 cm³/mol. The van der Waals surface area contributed by atoms with Crippen molar-refractivity contribution in [3.63, 3.8) is 0 Å². The fraction of sp³-hybridized carbons (Fsp3) is 0.0392. The Kier molecular flexibility index (Phi) is 7.24. The van der Waals surface area contributed by atoms with Crippen molar-refractivity contribution in [1.29, 1.82) is 0 Å². The Morgan fingerprint density at radius 1 is 0.509 bits per heavy atom. The number of para-hydroxylation sites is 2. The Morgan fingerprint density at radius 3 is 1.98 bits per heavy atom. The number of nitrogens with one attached hydrogen (secondary N) is 2. The van der Waals surface area contributed by atoms with E-state index >= 15 is 0 Å². The van der Waals surface area contributed by atoms with Crippen LogP contribution in [0.15, 0.2) is 191 Å². The van der Waals surface area contributed by atoms with E-state index in [4.69, 9.17) is 9.41 Å². The maximum atomic E-state index is 6.69. The quantitative estimate of drug-likeness (QED) is 0.184. The van der Waals surface area contributed by atoms with E-state index in [9.17, 15) is 0 Å². The van der Waals surface area contributed by atoms with Crippen LogP contribution in [0.4, 0.5) is 0 Å². The molecule has 0 aliphatic carbocycles. The van der Waals surface area contributed by atoms with Gasteiger partial charge >= 0.3 is 0 Å². The summed E-state index contributed by atoms with van der Waals surface area (Å²) >= 11 is 1.84. The number of hydrogen-bond donors (Lipinski definition) is 2. The van der Waals surface area contributed by atoms with Gasteiger partial charge in [-0.05, 0) is 64.7 Å². The maximum absolute atomic E-state index is 6.69. The largest absolute Gasteiger partial charge is 0.456 e. The second-order valence-electron chi connectivity index (χ2n) is 14.8. The summed E-state index contributed by atoms with van der Waals surface area (Å²) in [7, 11) is 0. The van der Waals surface area contributed by atoms with Gasteiger partial charge in [0.2, 0.25) is 0 Å². The van der Waals surface area contributed by atoms with Crippen molar-refractivity contribution in [1.82, 2.24) is 15.2 Å². The van der Waals surface area contributed by atoms with Gasteiger partial charge in [0.05, 0.1) is 11.0 Å². The first kappa shape index (κ1) is 32.3. The molecule has 0 saturated carbocycles. The van der Waals surface area contributed by atoms with Crippen molar-refractivity contribution in [3.8, 4) is 16.8 Å². The number of fused-ring (bicyclic) bond motifs is 9. The summed E-state index contributed by atoms with van der Waals surface area (Å²) in [4.78, 5) is 5.22. The first-order valence-corrected chi connectivity index (χ1v) is 20.2. The van der Waals surface area contributed by atoms with Gasteiger partial charge in [0.15, 0.2) is 0 Å². The van der Waals surface area contributed by atoms with Gasteiger partial charge in [-0.25, -0.2) is 4.99 Å². The van der Waals surface area contributed by atoms with E-state index in [1.165, 1.54) is 58.7 Å². The standard InChI is InChI=1S/C51H34N4OS/c1-3-13-31(14-4-1)49-52-50(32-15-5-2-6-16-32)54-51(53-49)33-25-27-40-46(29-33)57-45-24-12-20-38(48(40)45)37-19-11-23-43-47(37)39-28-26-34(30-44(39)56-43)55-41-21-9-7-17-35(41)36-18-8-10-22-42(36)55/h1-30,49,51,53H,(H,52,54). The molecule has 0 spiro atoms. The van der Waals surface area contributed by atoms with Gasteiger partial charge in [-0.3, -0.25) is 5.32 Å². The molecule has 0 bridgehead atoms. The first-order valence-electron chi connectivity index (χ1n) is 19.4. The predicted octanol–water partition coefficient (Wildman–Crippen LogP) is 13.1. The van der Waals surface area contributed by atoms with E-state index in [-0.39, 0.29) is 12.3 Å². The van der Waals surface area contributed by atoms with Gasteiger partial charge < -0.3 is 14.3 Å². The Balaban J connectivity index is 0.976. The lowest BCUT2D eigenvalue weighted by Crippen LogP contribution is -2.44. The minimum absolute atomic E-state index is 0.0862. The van der Waals surface area contributed by atoms with Crippen LogP contribution in [0.5, 0.6) is 0 Å². The molecular weight excluding hydrogens is 717 g/mol. The van der Waals surface area contributed by atoms with Gasteiger partial charge in [0, 0.05) is 59.0 Å². The molecule has 3 aromatic heterocycles. The van der Waals surface area contributed by atoms with Crippen molar-refractivity contribution < 1.29 is 4.42 Å². The van der Waals surface area contributed by atoms with E-state index in [1.54, 1.807) is 0 Å². The van der Waals surface area contributed by atoms with Crippen LogP contribution >= 0.6 is 11.3 Å². The first-order chi connectivity index (χ1) is 28.2. The molecule has 2 unspecified atom stereocenters. The highest BCUT2D eigenvalue weighted by molar-refractivity contribution is 7.26. The molecule has 5 nitrogen and oxygen atoms in total. The van der Waals surface area contributed by atoms with Gasteiger partial charge in [0.1, 0.15) is 29.3 Å². The van der Waals surface area contributed by atoms with Crippen molar-refractivity contribution in [2.75, 3.05) is 0 Å². The summed E-state index contributed by atoms with van der Waals surface area (Å²) in [6.07, 6.45) is -0.309. The Hall–Kier alpha value is -6.99. The molecule has 1 aliphatic heterocycles. The van der Waals surface area contributed by atoms with Crippen LogP contribution in [0.1, 0.15) is 29.0 Å². The highest BCUT2D eigenvalue weighted by Crippen LogP contribution is 2.45. The molecule has 57 heavy (non-hydrogen) atoms. The molecule has 270 valence electrons. The molecule has 0 radical (unpaired) electrons. The Morgan fingerprint density at radius 2 is 1.19 bits per heavy atom. The molecule has 2 N–H and O–H groups in total. The van der Waals surface area contributed by atoms with E-state index in [0.29, 0.717) is 0 Å². The van der Waals surface area contributed by atoms with E-state index in [0.717, 1.165) is 44.6 Å². The monoisotopic (exact) mass is 750 g/mol. The zero-order chi connectivity index (χ0) is 37.5. The van der Waals surface area contributed by atoms with Gasteiger partial charge in [0.25, 0.3) is 0 Å². The number of thiophene rings is 1. The lowest BCUT2D eigenvalue weighted by atomic mass is 9.95. The minimum Gasteiger partial charge on any atom is -0.456 e. The molecule has 0 fully saturated rings. The van der Waals surface area contributed by atoms with Crippen molar-refractivity contribution >= 4 is 81.1 Å². The lowest BCUT2D eigenvalue weighted by Gasteiger charge is -2.32. The maximum Gasteiger partial charge on any atom is 0.137 e. The summed E-state index contributed by atoms with van der Waals surface area (Å²) < 4.78 is 11.5. The highest BCUT2D eigenvalue weighted by Gasteiger charge is 2.26. The topological polar surface area (TPSA) is 54.5 Å². The highest BCUT2D eigenvalue weighted by atomic mass is 32.1. The molecule has 0 amide bonds. The fourth-order valence-electron chi connectivity index (χ4n) is 8.91. The molecule has 11 aromatic rings. The molecule has 8 aromatic carbocycles. The smallest absolute Gasteiger partial charge is 0.137 e. The Labute approximate surface area is 332 Å². The molecule has 4 heterocycles. The molecule has 0 saturated heterocycles. The van der Waals surface area contributed by atoms with Crippen LogP contribution in [-0.4, -0.2) is 10.4 Å². The average Bonchev–Trinajstić information content (AvgIpc) is 3.96. The molecule has 1 aliphatic rings. The molecular formula is C51H34N4OS. The van der Waals surface area contributed by atoms with Crippen molar-refractivity contribution in [2.24, 2.45) is 4.99 Å². The number of nitrogens with zero attached hydrogens (tertiary/aromatic N) is 2. The number of furan rings is 1. The summed E-state index contributed by atoms with van der Waals surface area (Å²) in [5.41, 5.74) is 11.0. The number of benzene rings is 8. The number of hydrogen-bond acceptors (Lipinski definition) is 5. The van der Waals surface area contributed by atoms with E-state index in [1.807, 2.05) is 17.4 Å². The molecule has 12 rings (SSSR count). The third-order valence-electron chi connectivity index (χ3n) is 11.5. The Bertz CT molecular complexity index is 3320. The van der Waals surface area contributed by atoms with Gasteiger partial charge in [-0.2, -0.15) is 0 Å². The number of rotatable bonds is 5. The molecule has 2 atom stereocenters. The van der Waals surface area contributed by atoms with E-state index < -0.39 is 0 Å². The normalized spacial score (nSPS) is 15.9. The minimum atomic E-state index is -0.223. The molecule has 6 heteroatoms. The van der Waals surface area contributed by atoms with Crippen LogP contribution < -0.4 is 10.6 Å². The SMILES string of the molecule is c1ccc(C2=NC(c3ccc4c(c3)sc3cccc(-c5cccc6oc7cc(-n8c9ccccc9c9ccccc98)ccc7c56)c34)NC(c3ccccc3)N2)cc1. The van der Waals surface area contributed by atoms with Crippen LogP contribution in [-0.2, 0) is 0 Å². The van der Waals surface area contributed by atoms with Crippen LogP contribution in [0.3, 0.4) is 0 Å². The van der Waals surface area contributed by atoms with Crippen molar-refractivity contribution in [2.45, 2.75) is 12.3 Å². The summed E-state index contributed by atoms with van der Waals surface area (Å²) in [6, 6.07) is 64.8. The van der Waals surface area contributed by atoms with Crippen molar-refractivity contribution in [3.05, 3.63) is 199 Å². The summed E-state index contributed by atoms with van der Waals surface area (Å²) in [5.74, 6) is 0.884. The van der Waals surface area contributed by atoms with Crippen LogP contribution in [0.2, 0.25) is 0 Å². The summed E-state index contributed by atoms with van der Waals surface area (Å²) in [6.45, 7) is 0. The second-order valence-corrected chi connectivity index (χ2v) is 15.9. The average molecular weight is 751 g/mol. The van der Waals surface area contributed by atoms with E-state index in [2.05, 4.69) is 191 Å². The van der Waals surface area contributed by atoms with Crippen LogP contribution in [0, 0.1) is 0 Å². The van der Waals surface area contributed by atoms with Gasteiger partial charge in [-0.15, -0.1) is 11.3 Å². The number of aliphatic imine (C=N–C) groups is 1. The fourth-order valence-corrected chi connectivity index (χ4v) is 10.1. The van der Waals surface area contributed by atoms with Gasteiger partial charge in [-0.1, -0.05) is 133 Å². The second kappa shape index (κ2) is 12.8. The number of aromatic nitrogens is 1. The lowest BCUT2D eigenvalue weighted by molar-refractivity contribution is 0.409. The third kappa shape index (κ3) is 5.15. The van der Waals surface area contributed by atoms with Crippen LogP contribution in [0.25, 0.3) is 80.7 Å². The summed E-state index contributed by atoms with van der Waals surface area (Å²) in [5, 5.41) is 14.7. The third-order valence-corrected chi connectivity index (χ3v) is 12.6. The zero-order valence-electron chi connectivity index (χ0n) is 30.7. The zero-order valence-corrected chi connectivity index (χ0v) is 31.5. The number of amidine groups is 1.